The van der Waals surface area contributed by atoms with E-state index in [2.05, 4.69) is 4.90 Å². The Hall–Kier alpha value is -2.02. The number of piperazine rings is 1. The minimum absolute atomic E-state index is 0.141. The summed E-state index contributed by atoms with van der Waals surface area (Å²) >= 11 is 0. The third kappa shape index (κ3) is 3.02. The molecule has 21 heavy (non-hydrogen) atoms. The molecule has 114 valence electrons. The Morgan fingerprint density at radius 3 is 2.38 bits per heavy atom. The number of hydrogen-bond acceptors (Lipinski definition) is 4. The molecule has 7 heteroatoms. The van der Waals surface area contributed by atoms with E-state index >= 15 is 0 Å². The molecular formula is C14H18FN3O3. The lowest BCUT2D eigenvalue weighted by atomic mass is 10.1. The van der Waals surface area contributed by atoms with E-state index < -0.39 is 16.4 Å². The van der Waals surface area contributed by atoms with Crippen molar-refractivity contribution in [3.8, 4) is 0 Å². The highest BCUT2D eigenvalue weighted by Crippen LogP contribution is 2.21. The Bertz CT molecular complexity index is 567. The Morgan fingerprint density at radius 1 is 1.33 bits per heavy atom. The first-order chi connectivity index (χ1) is 9.81. The predicted molar refractivity (Wildman–Crippen MR) is 75.6 cm³/mol. The molecule has 0 saturated carbocycles. The smallest absolute Gasteiger partial charge is 0.304 e. The van der Waals surface area contributed by atoms with Gasteiger partial charge in [0.25, 0.3) is 5.91 Å². The summed E-state index contributed by atoms with van der Waals surface area (Å²) in [4.78, 5) is 26.0. The topological polar surface area (TPSA) is 66.7 Å². The number of likely N-dealkylation sites (N-methyl/N-ethyl adjacent to an activating group) is 1. The Morgan fingerprint density at radius 2 is 1.90 bits per heavy atom. The maximum absolute atomic E-state index is 13.6. The highest BCUT2D eigenvalue weighted by Gasteiger charge is 2.30. The van der Waals surface area contributed by atoms with Gasteiger partial charge in [-0.3, -0.25) is 19.8 Å². The molecular weight excluding hydrogens is 277 g/mol. The van der Waals surface area contributed by atoms with Gasteiger partial charge in [0.15, 0.2) is 0 Å². The molecule has 2 atom stereocenters. The summed E-state index contributed by atoms with van der Waals surface area (Å²) in [6.45, 7) is 5.15. The molecule has 1 aliphatic rings. The molecule has 0 radical (unpaired) electrons. The number of nitro groups is 1. The molecule has 2 rings (SSSR count). The third-order valence-electron chi connectivity index (χ3n) is 4.04. The van der Waals surface area contributed by atoms with Crippen molar-refractivity contribution in [1.29, 1.82) is 0 Å². The van der Waals surface area contributed by atoms with Gasteiger partial charge >= 0.3 is 5.69 Å². The summed E-state index contributed by atoms with van der Waals surface area (Å²) in [7, 11) is 2.00. The molecule has 0 N–H and O–H groups in total. The van der Waals surface area contributed by atoms with Crippen LogP contribution in [0, 0.1) is 15.9 Å². The van der Waals surface area contributed by atoms with Crippen LogP contribution in [0.2, 0.25) is 0 Å². The number of rotatable bonds is 2. The molecule has 1 fully saturated rings. The number of benzene rings is 1. The minimum atomic E-state index is -0.985. The number of halogens is 1. The number of carbonyl (C=O) groups excluding carboxylic acids is 1. The van der Waals surface area contributed by atoms with Crippen LogP contribution in [0.4, 0.5) is 10.1 Å². The summed E-state index contributed by atoms with van der Waals surface area (Å²) in [5, 5.41) is 10.6. The van der Waals surface area contributed by atoms with Crippen molar-refractivity contribution >= 4 is 11.6 Å². The molecule has 0 bridgehead atoms. The van der Waals surface area contributed by atoms with Crippen molar-refractivity contribution in [3.63, 3.8) is 0 Å². The third-order valence-corrected chi connectivity index (χ3v) is 4.04. The van der Waals surface area contributed by atoms with Gasteiger partial charge in [-0.15, -0.1) is 0 Å². The largest absolute Gasteiger partial charge is 0.336 e. The standard InChI is InChI=1S/C14H18FN3O3/c1-9-7-17(8-10(2)16(9)3)14(19)11-4-5-13(18(20)21)12(15)6-11/h4-6,9-10H,7-8H2,1-3H3. The summed E-state index contributed by atoms with van der Waals surface area (Å²) in [6.07, 6.45) is 0. The van der Waals surface area contributed by atoms with Gasteiger partial charge in [0.2, 0.25) is 5.82 Å². The summed E-state index contributed by atoms with van der Waals surface area (Å²) in [5.41, 5.74) is -0.478. The first-order valence-corrected chi connectivity index (χ1v) is 6.76. The van der Waals surface area contributed by atoms with Gasteiger partial charge in [0, 0.05) is 36.8 Å². The lowest BCUT2D eigenvalue weighted by Gasteiger charge is -2.42. The van der Waals surface area contributed by atoms with Crippen molar-refractivity contribution in [3.05, 3.63) is 39.7 Å². The van der Waals surface area contributed by atoms with E-state index in [-0.39, 0.29) is 23.6 Å². The van der Waals surface area contributed by atoms with Crippen LogP contribution in [0.3, 0.4) is 0 Å². The number of hydrogen-bond donors (Lipinski definition) is 0. The number of carbonyl (C=O) groups is 1. The first-order valence-electron chi connectivity index (χ1n) is 6.76. The van der Waals surface area contributed by atoms with E-state index in [1.54, 1.807) is 4.90 Å². The molecule has 0 aliphatic carbocycles. The minimum Gasteiger partial charge on any atom is -0.336 e. The van der Waals surface area contributed by atoms with Crippen LogP contribution < -0.4 is 0 Å². The molecule has 1 saturated heterocycles. The van der Waals surface area contributed by atoms with E-state index in [1.807, 2.05) is 20.9 Å². The predicted octanol–water partition coefficient (Wildman–Crippen LogP) is 1.90. The second kappa shape index (κ2) is 5.77. The number of amides is 1. The fourth-order valence-electron chi connectivity index (χ4n) is 2.54. The number of nitro benzene ring substituents is 1. The van der Waals surface area contributed by atoms with Crippen molar-refractivity contribution in [2.45, 2.75) is 25.9 Å². The fraction of sp³-hybridized carbons (Fsp3) is 0.500. The van der Waals surface area contributed by atoms with Crippen LogP contribution in [0.5, 0.6) is 0 Å². The number of nitrogens with zero attached hydrogens (tertiary/aromatic N) is 3. The molecule has 6 nitrogen and oxygen atoms in total. The maximum Gasteiger partial charge on any atom is 0.304 e. The second-order valence-corrected chi connectivity index (χ2v) is 5.50. The van der Waals surface area contributed by atoms with Crippen LogP contribution in [-0.2, 0) is 0 Å². The summed E-state index contributed by atoms with van der Waals surface area (Å²) in [6, 6.07) is 3.69. The lowest BCUT2D eigenvalue weighted by Crippen LogP contribution is -2.56. The van der Waals surface area contributed by atoms with E-state index in [9.17, 15) is 19.3 Å². The van der Waals surface area contributed by atoms with Gasteiger partial charge in [-0.1, -0.05) is 0 Å². The molecule has 1 aliphatic heterocycles. The summed E-state index contributed by atoms with van der Waals surface area (Å²) < 4.78 is 13.6. The first kappa shape index (κ1) is 15.4. The fourth-order valence-corrected chi connectivity index (χ4v) is 2.54. The van der Waals surface area contributed by atoms with Crippen molar-refractivity contribution in [1.82, 2.24) is 9.80 Å². The average molecular weight is 295 g/mol. The second-order valence-electron chi connectivity index (χ2n) is 5.50. The van der Waals surface area contributed by atoms with Crippen molar-refractivity contribution in [2.24, 2.45) is 0 Å². The van der Waals surface area contributed by atoms with Gasteiger partial charge in [-0.05, 0) is 33.0 Å². The quantitative estimate of drug-likeness (QED) is 0.617. The van der Waals surface area contributed by atoms with E-state index in [0.717, 1.165) is 12.1 Å². The van der Waals surface area contributed by atoms with Crippen LogP contribution in [-0.4, -0.2) is 52.9 Å². The molecule has 0 aromatic heterocycles. The highest BCUT2D eigenvalue weighted by molar-refractivity contribution is 5.94. The molecule has 1 heterocycles. The molecule has 1 aromatic rings. The van der Waals surface area contributed by atoms with Crippen LogP contribution >= 0.6 is 0 Å². The van der Waals surface area contributed by atoms with E-state index in [0.29, 0.717) is 13.1 Å². The van der Waals surface area contributed by atoms with Gasteiger partial charge in [-0.2, -0.15) is 4.39 Å². The lowest BCUT2D eigenvalue weighted by molar-refractivity contribution is -0.387. The monoisotopic (exact) mass is 295 g/mol. The van der Waals surface area contributed by atoms with E-state index in [4.69, 9.17) is 0 Å². The van der Waals surface area contributed by atoms with Crippen molar-refractivity contribution in [2.75, 3.05) is 20.1 Å². The molecule has 1 amide bonds. The maximum atomic E-state index is 13.6. The van der Waals surface area contributed by atoms with Crippen LogP contribution in [0.25, 0.3) is 0 Å². The van der Waals surface area contributed by atoms with Gasteiger partial charge in [-0.25, -0.2) is 0 Å². The molecule has 1 aromatic carbocycles. The normalized spacial score (nSPS) is 23.1. The zero-order chi connectivity index (χ0) is 15.7. The highest BCUT2D eigenvalue weighted by atomic mass is 19.1. The van der Waals surface area contributed by atoms with Gasteiger partial charge in [0.05, 0.1) is 4.92 Å². The Balaban J connectivity index is 2.21. The van der Waals surface area contributed by atoms with Gasteiger partial charge in [0.1, 0.15) is 0 Å². The zero-order valence-corrected chi connectivity index (χ0v) is 12.2. The molecule has 0 spiro atoms. The SMILES string of the molecule is CC1CN(C(=O)c2ccc([N+](=O)[O-])c(F)c2)CC(C)N1C. The Kier molecular flexibility index (Phi) is 4.22. The van der Waals surface area contributed by atoms with Crippen LogP contribution in [0.15, 0.2) is 18.2 Å². The van der Waals surface area contributed by atoms with Crippen molar-refractivity contribution < 1.29 is 14.1 Å². The Labute approximate surface area is 122 Å². The zero-order valence-electron chi connectivity index (χ0n) is 12.2. The summed E-state index contributed by atoms with van der Waals surface area (Å²) in [5.74, 6) is -1.28. The van der Waals surface area contributed by atoms with Gasteiger partial charge < -0.3 is 4.90 Å². The average Bonchev–Trinajstić information content (AvgIpc) is 2.42. The van der Waals surface area contributed by atoms with E-state index in [1.165, 1.54) is 6.07 Å². The molecule has 2 unspecified atom stereocenters. The van der Waals surface area contributed by atoms with Crippen LogP contribution in [0.1, 0.15) is 24.2 Å².